The fourth-order valence-corrected chi connectivity index (χ4v) is 2.60. The van der Waals surface area contributed by atoms with Crippen molar-refractivity contribution in [1.82, 2.24) is 0 Å². The summed E-state index contributed by atoms with van der Waals surface area (Å²) in [5, 5.41) is 0. The first-order valence-electron chi connectivity index (χ1n) is 6.58. The predicted molar refractivity (Wildman–Crippen MR) is 78.9 cm³/mol. The highest BCUT2D eigenvalue weighted by molar-refractivity contribution is 7.99. The minimum absolute atomic E-state index is 0.202. The Bertz CT molecular complexity index is 464. The van der Waals surface area contributed by atoms with E-state index in [1.807, 2.05) is 52.0 Å². The second-order valence-electron chi connectivity index (χ2n) is 5.86. The van der Waals surface area contributed by atoms with Crippen molar-refractivity contribution in [3.8, 4) is 0 Å². The van der Waals surface area contributed by atoms with Crippen LogP contribution in [-0.2, 0) is 9.31 Å². The number of alkyl halides is 2. The first-order valence-corrected chi connectivity index (χ1v) is 7.56. The Balaban J connectivity index is 2.12. The molecule has 0 bridgehead atoms. The lowest BCUT2D eigenvalue weighted by molar-refractivity contribution is 0.00578. The van der Waals surface area contributed by atoms with Crippen molar-refractivity contribution in [3.05, 3.63) is 24.3 Å². The highest BCUT2D eigenvalue weighted by atomic mass is 32.2. The van der Waals surface area contributed by atoms with Gasteiger partial charge in [-0.25, -0.2) is 8.78 Å². The zero-order valence-electron chi connectivity index (χ0n) is 12.2. The lowest BCUT2D eigenvalue weighted by Crippen LogP contribution is -2.41. The molecule has 6 heteroatoms. The van der Waals surface area contributed by atoms with Gasteiger partial charge in [0.05, 0.1) is 17.0 Å². The predicted octanol–water partition coefficient (Wildman–Crippen LogP) is 3.34. The smallest absolute Gasteiger partial charge is 0.399 e. The van der Waals surface area contributed by atoms with Crippen LogP contribution in [0, 0.1) is 0 Å². The Hall–Kier alpha value is -0.585. The number of thioether (sulfide) groups is 1. The van der Waals surface area contributed by atoms with E-state index in [0.717, 1.165) is 22.1 Å². The summed E-state index contributed by atoms with van der Waals surface area (Å²) in [7, 11) is -0.452. The van der Waals surface area contributed by atoms with Crippen LogP contribution in [0.4, 0.5) is 8.78 Å². The van der Waals surface area contributed by atoms with Crippen LogP contribution >= 0.6 is 11.8 Å². The van der Waals surface area contributed by atoms with Crippen molar-refractivity contribution in [2.75, 3.05) is 5.75 Å². The van der Waals surface area contributed by atoms with Gasteiger partial charge < -0.3 is 9.31 Å². The zero-order chi connectivity index (χ0) is 15.0. The largest absolute Gasteiger partial charge is 0.494 e. The molecule has 0 atom stereocenters. The van der Waals surface area contributed by atoms with Crippen molar-refractivity contribution >= 4 is 24.3 Å². The second-order valence-corrected chi connectivity index (χ2v) is 6.96. The summed E-state index contributed by atoms with van der Waals surface area (Å²) in [4.78, 5) is 0.803. The van der Waals surface area contributed by atoms with E-state index >= 15 is 0 Å². The Morgan fingerprint density at radius 3 is 2.30 bits per heavy atom. The van der Waals surface area contributed by atoms with Crippen LogP contribution < -0.4 is 5.46 Å². The molecule has 0 unspecified atom stereocenters. The highest BCUT2D eigenvalue weighted by Gasteiger charge is 2.51. The molecule has 1 aromatic rings. The van der Waals surface area contributed by atoms with E-state index in [9.17, 15) is 8.78 Å². The van der Waals surface area contributed by atoms with Crippen molar-refractivity contribution in [2.45, 2.75) is 50.2 Å². The van der Waals surface area contributed by atoms with Gasteiger partial charge in [-0.2, -0.15) is 0 Å². The van der Waals surface area contributed by atoms with Gasteiger partial charge in [-0.05, 0) is 45.3 Å². The fourth-order valence-electron chi connectivity index (χ4n) is 1.89. The van der Waals surface area contributed by atoms with Crippen LogP contribution in [0.3, 0.4) is 0 Å². The van der Waals surface area contributed by atoms with E-state index in [-0.39, 0.29) is 5.75 Å². The molecule has 0 amide bonds. The van der Waals surface area contributed by atoms with Crippen molar-refractivity contribution < 1.29 is 18.1 Å². The summed E-state index contributed by atoms with van der Waals surface area (Å²) in [5.74, 6) is -0.202. The monoisotopic (exact) mass is 300 g/mol. The molecule has 1 aromatic carbocycles. The summed E-state index contributed by atoms with van der Waals surface area (Å²) >= 11 is 1.14. The van der Waals surface area contributed by atoms with Gasteiger partial charge in [-0.15, -0.1) is 11.8 Å². The number of hydrogen-bond donors (Lipinski definition) is 0. The molecular formula is C14H19BF2O2S. The first-order chi connectivity index (χ1) is 9.21. The maximum absolute atomic E-state index is 12.3. The van der Waals surface area contributed by atoms with Crippen LogP contribution in [-0.4, -0.2) is 30.5 Å². The molecule has 110 valence electrons. The van der Waals surface area contributed by atoms with Gasteiger partial charge in [0.2, 0.25) is 6.43 Å². The first kappa shape index (κ1) is 15.8. The van der Waals surface area contributed by atoms with Gasteiger partial charge in [0.25, 0.3) is 0 Å². The molecule has 1 saturated heterocycles. The highest BCUT2D eigenvalue weighted by Crippen LogP contribution is 2.36. The van der Waals surface area contributed by atoms with Gasteiger partial charge in [0, 0.05) is 4.90 Å². The lowest BCUT2D eigenvalue weighted by Gasteiger charge is -2.32. The molecule has 0 aromatic heterocycles. The van der Waals surface area contributed by atoms with Gasteiger partial charge >= 0.3 is 7.12 Å². The Kier molecular flexibility index (Phi) is 4.47. The Morgan fingerprint density at radius 2 is 1.75 bits per heavy atom. The molecule has 2 nitrogen and oxygen atoms in total. The van der Waals surface area contributed by atoms with E-state index in [0.29, 0.717) is 0 Å². The Labute approximate surface area is 123 Å². The van der Waals surface area contributed by atoms with E-state index in [1.165, 1.54) is 0 Å². The standard InChI is InChI=1S/C14H19BF2O2S/c1-13(2)14(3,4)19-15(18-13)10-6-5-7-11(8-10)20-9-12(16)17/h5-8,12H,9H2,1-4H3. The average Bonchev–Trinajstić information content (AvgIpc) is 2.56. The molecule has 0 spiro atoms. The van der Waals surface area contributed by atoms with Crippen LogP contribution in [0.25, 0.3) is 0 Å². The molecule has 0 radical (unpaired) electrons. The minimum Gasteiger partial charge on any atom is -0.399 e. The minimum atomic E-state index is -2.31. The van der Waals surface area contributed by atoms with E-state index < -0.39 is 24.7 Å². The van der Waals surface area contributed by atoms with Crippen molar-refractivity contribution in [1.29, 1.82) is 0 Å². The van der Waals surface area contributed by atoms with Gasteiger partial charge in [0.15, 0.2) is 0 Å². The summed E-state index contributed by atoms with van der Waals surface area (Å²) in [6.45, 7) is 7.95. The van der Waals surface area contributed by atoms with Crippen molar-refractivity contribution in [2.24, 2.45) is 0 Å². The maximum Gasteiger partial charge on any atom is 0.494 e. The molecule has 0 N–H and O–H groups in total. The molecule has 1 aliphatic rings. The van der Waals surface area contributed by atoms with Crippen LogP contribution in [0.1, 0.15) is 27.7 Å². The SMILES string of the molecule is CC1(C)OB(c2cccc(SCC(F)F)c2)OC1(C)C. The molecule has 0 saturated carbocycles. The molecular weight excluding hydrogens is 281 g/mol. The van der Waals surface area contributed by atoms with Crippen molar-refractivity contribution in [3.63, 3.8) is 0 Å². The number of benzene rings is 1. The summed E-state index contributed by atoms with van der Waals surface area (Å²) in [5.41, 5.74) is 0.0658. The molecule has 0 aliphatic carbocycles. The quantitative estimate of drug-likeness (QED) is 0.627. The lowest BCUT2D eigenvalue weighted by atomic mass is 9.79. The third kappa shape index (κ3) is 3.35. The average molecular weight is 300 g/mol. The molecule has 1 fully saturated rings. The van der Waals surface area contributed by atoms with Crippen LogP contribution in [0.15, 0.2) is 29.2 Å². The molecule has 1 heterocycles. The zero-order valence-corrected chi connectivity index (χ0v) is 13.0. The maximum atomic E-state index is 12.3. The number of rotatable bonds is 4. The van der Waals surface area contributed by atoms with Gasteiger partial charge in [-0.3, -0.25) is 0 Å². The van der Waals surface area contributed by atoms with Gasteiger partial charge in [-0.1, -0.05) is 12.1 Å². The fraction of sp³-hybridized carbons (Fsp3) is 0.571. The van der Waals surface area contributed by atoms with Crippen LogP contribution in [0.2, 0.25) is 0 Å². The van der Waals surface area contributed by atoms with E-state index in [1.54, 1.807) is 0 Å². The molecule has 1 aliphatic heterocycles. The summed E-state index contributed by atoms with van der Waals surface area (Å²) in [6.07, 6.45) is -2.31. The van der Waals surface area contributed by atoms with E-state index in [4.69, 9.17) is 9.31 Å². The topological polar surface area (TPSA) is 18.5 Å². The molecule has 2 rings (SSSR count). The second kappa shape index (κ2) is 5.66. The molecule has 20 heavy (non-hydrogen) atoms. The summed E-state index contributed by atoms with van der Waals surface area (Å²) < 4.78 is 36.4. The Morgan fingerprint density at radius 1 is 1.15 bits per heavy atom. The normalized spacial score (nSPS) is 20.6. The van der Waals surface area contributed by atoms with Crippen LogP contribution in [0.5, 0.6) is 0 Å². The number of hydrogen-bond acceptors (Lipinski definition) is 3. The third-order valence-electron chi connectivity index (χ3n) is 3.76. The third-order valence-corrected chi connectivity index (χ3v) is 4.77. The summed E-state index contributed by atoms with van der Waals surface area (Å²) in [6, 6.07) is 7.42. The van der Waals surface area contributed by atoms with E-state index in [2.05, 4.69) is 0 Å². The van der Waals surface area contributed by atoms with Gasteiger partial charge in [0.1, 0.15) is 0 Å². The number of halogens is 2.